The van der Waals surface area contributed by atoms with Gasteiger partial charge in [-0.2, -0.15) is 15.1 Å². The summed E-state index contributed by atoms with van der Waals surface area (Å²) in [5, 5.41) is 8.62. The normalized spacial score (nSPS) is 14.3. The van der Waals surface area contributed by atoms with E-state index in [1.807, 2.05) is 30.3 Å². The van der Waals surface area contributed by atoms with Gasteiger partial charge in [-0.05, 0) is 36.4 Å². The van der Waals surface area contributed by atoms with Gasteiger partial charge in [0.25, 0.3) is 0 Å². The summed E-state index contributed by atoms with van der Waals surface area (Å²) in [6.45, 7) is 2.72. The molecular weight excluding hydrogens is 371 g/mol. The molecule has 1 fully saturated rings. The topological polar surface area (TPSA) is 68.1 Å². The standard InChI is InChI=1S/C21H19FN6O/c22-15-6-8-16(9-7-15)24-19-18-14-23-28(17-4-2-1-3-5-17)20(18)26-21(25-19)27-10-12-29-13-11-27/h1-9,14H,10-13H2,(H,24,25,26). The number of fused-ring (bicyclic) bond motifs is 1. The monoisotopic (exact) mass is 390 g/mol. The van der Waals surface area contributed by atoms with Gasteiger partial charge < -0.3 is 15.0 Å². The van der Waals surface area contributed by atoms with E-state index in [9.17, 15) is 4.39 Å². The van der Waals surface area contributed by atoms with Gasteiger partial charge in [0.05, 0.1) is 30.5 Å². The Morgan fingerprint density at radius 1 is 0.931 bits per heavy atom. The van der Waals surface area contributed by atoms with E-state index in [-0.39, 0.29) is 5.82 Å². The minimum atomic E-state index is -0.283. The third kappa shape index (κ3) is 3.50. The van der Waals surface area contributed by atoms with Crippen LogP contribution in [0.4, 0.5) is 21.8 Å². The number of rotatable bonds is 4. The van der Waals surface area contributed by atoms with Crippen LogP contribution in [0, 0.1) is 5.82 Å². The molecule has 0 amide bonds. The molecule has 8 heteroatoms. The quantitative estimate of drug-likeness (QED) is 0.575. The molecule has 146 valence electrons. The fourth-order valence-corrected chi connectivity index (χ4v) is 3.32. The maximum absolute atomic E-state index is 13.3. The number of benzene rings is 2. The van der Waals surface area contributed by atoms with Gasteiger partial charge in [0.15, 0.2) is 5.65 Å². The number of hydrogen-bond acceptors (Lipinski definition) is 6. The van der Waals surface area contributed by atoms with Crippen LogP contribution < -0.4 is 10.2 Å². The molecule has 0 bridgehead atoms. The Labute approximate surface area is 166 Å². The van der Waals surface area contributed by atoms with E-state index in [4.69, 9.17) is 14.7 Å². The van der Waals surface area contributed by atoms with Crippen LogP contribution in [0.1, 0.15) is 0 Å². The predicted octanol–water partition coefficient (Wildman–Crippen LogP) is 3.53. The number of morpholine rings is 1. The summed E-state index contributed by atoms with van der Waals surface area (Å²) in [5.74, 6) is 0.961. The maximum atomic E-state index is 13.3. The summed E-state index contributed by atoms with van der Waals surface area (Å²) < 4.78 is 20.6. The van der Waals surface area contributed by atoms with Gasteiger partial charge in [-0.15, -0.1) is 0 Å². The van der Waals surface area contributed by atoms with E-state index in [0.29, 0.717) is 30.6 Å². The van der Waals surface area contributed by atoms with Gasteiger partial charge in [-0.1, -0.05) is 18.2 Å². The van der Waals surface area contributed by atoms with Crippen LogP contribution in [0.15, 0.2) is 60.8 Å². The molecule has 0 radical (unpaired) electrons. The zero-order chi connectivity index (χ0) is 19.6. The van der Waals surface area contributed by atoms with Crippen LogP contribution in [0.5, 0.6) is 0 Å². The molecule has 5 rings (SSSR count). The van der Waals surface area contributed by atoms with E-state index in [2.05, 4.69) is 15.3 Å². The molecule has 0 saturated carbocycles. The summed E-state index contributed by atoms with van der Waals surface area (Å²) >= 11 is 0. The lowest BCUT2D eigenvalue weighted by Gasteiger charge is -2.27. The van der Waals surface area contributed by atoms with Crippen molar-refractivity contribution in [3.05, 3.63) is 66.6 Å². The highest BCUT2D eigenvalue weighted by Gasteiger charge is 2.19. The first-order chi connectivity index (χ1) is 14.3. The zero-order valence-electron chi connectivity index (χ0n) is 15.6. The molecular formula is C21H19FN6O. The molecule has 29 heavy (non-hydrogen) atoms. The first-order valence-corrected chi connectivity index (χ1v) is 9.44. The van der Waals surface area contributed by atoms with Crippen molar-refractivity contribution in [1.29, 1.82) is 0 Å². The molecule has 1 aliphatic rings. The summed E-state index contributed by atoms with van der Waals surface area (Å²) in [6, 6.07) is 16.0. The lowest BCUT2D eigenvalue weighted by molar-refractivity contribution is 0.122. The zero-order valence-corrected chi connectivity index (χ0v) is 15.6. The van der Waals surface area contributed by atoms with E-state index in [1.165, 1.54) is 12.1 Å². The van der Waals surface area contributed by atoms with Gasteiger partial charge in [0, 0.05) is 18.8 Å². The second-order valence-corrected chi connectivity index (χ2v) is 6.73. The van der Waals surface area contributed by atoms with Crippen molar-refractivity contribution in [3.8, 4) is 5.69 Å². The maximum Gasteiger partial charge on any atom is 0.229 e. The number of para-hydroxylation sites is 1. The molecule has 0 spiro atoms. The minimum absolute atomic E-state index is 0.283. The molecule has 0 atom stereocenters. The average Bonchev–Trinajstić information content (AvgIpc) is 3.21. The first-order valence-electron chi connectivity index (χ1n) is 9.44. The molecule has 2 aromatic carbocycles. The van der Waals surface area contributed by atoms with Crippen molar-refractivity contribution >= 4 is 28.5 Å². The van der Waals surface area contributed by atoms with Gasteiger partial charge in [-0.3, -0.25) is 0 Å². The number of aromatic nitrogens is 4. The largest absolute Gasteiger partial charge is 0.378 e. The molecule has 0 unspecified atom stereocenters. The Bertz CT molecular complexity index is 1120. The van der Waals surface area contributed by atoms with E-state index in [0.717, 1.165) is 29.9 Å². The smallest absolute Gasteiger partial charge is 0.229 e. The Kier molecular flexibility index (Phi) is 4.53. The number of nitrogens with zero attached hydrogens (tertiary/aromatic N) is 5. The van der Waals surface area contributed by atoms with Gasteiger partial charge in [0.1, 0.15) is 11.6 Å². The van der Waals surface area contributed by atoms with E-state index in [1.54, 1.807) is 23.0 Å². The SMILES string of the molecule is Fc1ccc(Nc2nc(N3CCOCC3)nc3c2cnn3-c2ccccc2)cc1. The Hall–Kier alpha value is -3.52. The van der Waals surface area contributed by atoms with Crippen molar-refractivity contribution in [3.63, 3.8) is 0 Å². The molecule has 1 saturated heterocycles. The van der Waals surface area contributed by atoms with Crippen LogP contribution in [-0.2, 0) is 4.74 Å². The van der Waals surface area contributed by atoms with Gasteiger partial charge >= 0.3 is 0 Å². The van der Waals surface area contributed by atoms with Crippen LogP contribution in [0.25, 0.3) is 16.7 Å². The predicted molar refractivity (Wildman–Crippen MR) is 109 cm³/mol. The van der Waals surface area contributed by atoms with Crippen LogP contribution in [0.3, 0.4) is 0 Å². The third-order valence-corrected chi connectivity index (χ3v) is 4.82. The van der Waals surface area contributed by atoms with Crippen molar-refractivity contribution in [2.75, 3.05) is 36.5 Å². The highest BCUT2D eigenvalue weighted by atomic mass is 19.1. The third-order valence-electron chi connectivity index (χ3n) is 4.82. The lowest BCUT2D eigenvalue weighted by Crippen LogP contribution is -2.37. The Morgan fingerprint density at radius 3 is 2.45 bits per heavy atom. The first kappa shape index (κ1) is 17.6. The highest BCUT2D eigenvalue weighted by Crippen LogP contribution is 2.28. The molecule has 1 aliphatic heterocycles. The second kappa shape index (κ2) is 7.48. The Balaban J connectivity index is 1.63. The van der Waals surface area contributed by atoms with E-state index < -0.39 is 0 Å². The number of nitrogens with one attached hydrogen (secondary N) is 1. The minimum Gasteiger partial charge on any atom is -0.378 e. The van der Waals surface area contributed by atoms with E-state index >= 15 is 0 Å². The summed E-state index contributed by atoms with van der Waals surface area (Å²) in [4.78, 5) is 11.7. The number of hydrogen-bond donors (Lipinski definition) is 1. The molecule has 1 N–H and O–H groups in total. The Morgan fingerprint density at radius 2 is 1.69 bits per heavy atom. The fourth-order valence-electron chi connectivity index (χ4n) is 3.32. The van der Waals surface area contributed by atoms with Crippen molar-refractivity contribution in [2.45, 2.75) is 0 Å². The number of halogens is 1. The van der Waals surface area contributed by atoms with Crippen molar-refractivity contribution in [2.24, 2.45) is 0 Å². The summed E-state index contributed by atoms with van der Waals surface area (Å²) in [5.41, 5.74) is 2.37. The second-order valence-electron chi connectivity index (χ2n) is 6.73. The summed E-state index contributed by atoms with van der Waals surface area (Å²) in [7, 11) is 0. The fraction of sp³-hybridized carbons (Fsp3) is 0.190. The molecule has 0 aliphatic carbocycles. The van der Waals surface area contributed by atoms with Crippen molar-refractivity contribution in [1.82, 2.24) is 19.7 Å². The molecule has 4 aromatic rings. The van der Waals surface area contributed by atoms with Crippen molar-refractivity contribution < 1.29 is 9.13 Å². The number of anilines is 3. The molecule has 3 heterocycles. The van der Waals surface area contributed by atoms with Crippen LogP contribution >= 0.6 is 0 Å². The number of ether oxygens (including phenoxy) is 1. The van der Waals surface area contributed by atoms with Gasteiger partial charge in [0.2, 0.25) is 5.95 Å². The molecule has 2 aromatic heterocycles. The average molecular weight is 390 g/mol. The molecule has 7 nitrogen and oxygen atoms in total. The summed E-state index contributed by atoms with van der Waals surface area (Å²) in [6.07, 6.45) is 1.75. The van der Waals surface area contributed by atoms with Gasteiger partial charge in [-0.25, -0.2) is 9.07 Å². The van der Waals surface area contributed by atoms with Crippen LogP contribution in [0.2, 0.25) is 0 Å². The lowest BCUT2D eigenvalue weighted by atomic mass is 10.3. The van der Waals surface area contributed by atoms with Crippen LogP contribution in [-0.4, -0.2) is 46.1 Å². The highest BCUT2D eigenvalue weighted by molar-refractivity contribution is 5.90.